The zero-order chi connectivity index (χ0) is 13.2. The van der Waals surface area contributed by atoms with Gasteiger partial charge in [0.05, 0.1) is 17.2 Å². The molecule has 1 aliphatic rings. The van der Waals surface area contributed by atoms with Crippen LogP contribution in [0.25, 0.3) is 0 Å². The molecule has 3 nitrogen and oxygen atoms in total. The summed E-state index contributed by atoms with van der Waals surface area (Å²) in [5.74, 6) is 0. The molecule has 4 heteroatoms. The van der Waals surface area contributed by atoms with Crippen LogP contribution in [-0.4, -0.2) is 28.9 Å². The van der Waals surface area contributed by atoms with Gasteiger partial charge in [-0.1, -0.05) is 13.8 Å². The van der Waals surface area contributed by atoms with Crippen LogP contribution in [0.1, 0.15) is 44.4 Å². The minimum atomic E-state index is -0.431. The number of thiazole rings is 1. The summed E-state index contributed by atoms with van der Waals surface area (Å²) in [6.45, 7) is 4.59. The lowest BCUT2D eigenvalue weighted by Crippen LogP contribution is -2.49. The van der Waals surface area contributed by atoms with Crippen LogP contribution in [0.5, 0.6) is 0 Å². The molecule has 1 aliphatic carbocycles. The van der Waals surface area contributed by atoms with Gasteiger partial charge in [0.1, 0.15) is 0 Å². The molecule has 0 aromatic carbocycles. The number of aliphatic hydroxyl groups excluding tert-OH is 1. The van der Waals surface area contributed by atoms with Gasteiger partial charge in [-0.05, 0) is 31.1 Å². The quantitative estimate of drug-likeness (QED) is 0.913. The highest BCUT2D eigenvalue weighted by Gasteiger charge is 2.43. The molecule has 102 valence electrons. The van der Waals surface area contributed by atoms with Crippen molar-refractivity contribution >= 4 is 11.3 Å². The highest BCUT2D eigenvalue weighted by Crippen LogP contribution is 2.43. The number of nitrogens with zero attached hydrogens (tertiary/aromatic N) is 1. The Hall–Kier alpha value is -0.450. The van der Waals surface area contributed by atoms with Crippen molar-refractivity contribution in [2.24, 2.45) is 5.41 Å². The van der Waals surface area contributed by atoms with Crippen LogP contribution in [0.15, 0.2) is 11.7 Å². The Morgan fingerprint density at radius 1 is 1.39 bits per heavy atom. The van der Waals surface area contributed by atoms with E-state index in [1.165, 1.54) is 0 Å². The first-order valence-corrected chi connectivity index (χ1v) is 7.46. The summed E-state index contributed by atoms with van der Waals surface area (Å²) >= 11 is 1.60. The zero-order valence-corrected chi connectivity index (χ0v) is 12.3. The molecule has 2 rings (SSSR count). The summed E-state index contributed by atoms with van der Waals surface area (Å²) in [6, 6.07) is 0. The first-order valence-electron chi connectivity index (χ1n) is 6.58. The van der Waals surface area contributed by atoms with E-state index >= 15 is 0 Å². The fourth-order valence-electron chi connectivity index (χ4n) is 2.74. The smallest absolute Gasteiger partial charge is 0.0940 e. The Morgan fingerprint density at radius 2 is 2.06 bits per heavy atom. The maximum absolute atomic E-state index is 10.5. The lowest BCUT2D eigenvalue weighted by molar-refractivity contribution is -0.135. The van der Waals surface area contributed by atoms with Gasteiger partial charge < -0.3 is 9.84 Å². The van der Waals surface area contributed by atoms with E-state index in [2.05, 4.69) is 18.8 Å². The van der Waals surface area contributed by atoms with Crippen LogP contribution in [0.2, 0.25) is 0 Å². The monoisotopic (exact) mass is 269 g/mol. The van der Waals surface area contributed by atoms with Crippen LogP contribution in [0.4, 0.5) is 0 Å². The molecule has 0 radical (unpaired) electrons. The van der Waals surface area contributed by atoms with Crippen LogP contribution in [-0.2, 0) is 11.2 Å². The van der Waals surface area contributed by atoms with Crippen molar-refractivity contribution in [3.63, 3.8) is 0 Å². The lowest BCUT2D eigenvalue weighted by Gasteiger charge is -2.45. The molecule has 0 aliphatic heterocycles. The van der Waals surface area contributed by atoms with E-state index in [1.54, 1.807) is 18.4 Å². The van der Waals surface area contributed by atoms with Crippen molar-refractivity contribution < 1.29 is 9.84 Å². The fraction of sp³-hybridized carbons (Fsp3) is 0.786. The summed E-state index contributed by atoms with van der Waals surface area (Å²) in [6.07, 6.45) is 6.16. The number of aromatic nitrogens is 1. The molecule has 18 heavy (non-hydrogen) atoms. The fourth-order valence-corrected chi connectivity index (χ4v) is 3.38. The van der Waals surface area contributed by atoms with Gasteiger partial charge in [0.25, 0.3) is 0 Å². The van der Waals surface area contributed by atoms with Crippen molar-refractivity contribution in [1.82, 2.24) is 4.98 Å². The normalized spacial score (nSPS) is 23.8. The Morgan fingerprint density at radius 3 is 2.56 bits per heavy atom. The number of aliphatic hydroxyl groups is 1. The van der Waals surface area contributed by atoms with Gasteiger partial charge in [0.15, 0.2) is 0 Å². The highest BCUT2D eigenvalue weighted by atomic mass is 32.1. The van der Waals surface area contributed by atoms with Gasteiger partial charge in [-0.25, -0.2) is 0 Å². The summed E-state index contributed by atoms with van der Waals surface area (Å²) < 4.78 is 5.72. The average Bonchev–Trinajstić information content (AvgIpc) is 2.82. The maximum atomic E-state index is 10.5. The SMILES string of the molecule is COC1(C(O)Cc2cncs2)CCC(C)(C)CC1. The predicted molar refractivity (Wildman–Crippen MR) is 73.8 cm³/mol. The zero-order valence-electron chi connectivity index (χ0n) is 11.5. The van der Waals surface area contributed by atoms with Crippen LogP contribution in [0, 0.1) is 5.41 Å². The van der Waals surface area contributed by atoms with Gasteiger partial charge in [0.2, 0.25) is 0 Å². The molecule has 0 bridgehead atoms. The Labute approximate surface area is 113 Å². The van der Waals surface area contributed by atoms with Crippen molar-refractivity contribution in [3.05, 3.63) is 16.6 Å². The van der Waals surface area contributed by atoms with Gasteiger partial charge in [-0.3, -0.25) is 4.98 Å². The molecule has 1 N–H and O–H groups in total. The second kappa shape index (κ2) is 5.27. The van der Waals surface area contributed by atoms with Crippen LogP contribution >= 0.6 is 11.3 Å². The molecule has 1 atom stereocenters. The predicted octanol–water partition coefficient (Wildman–Crippen LogP) is 3.03. The van der Waals surface area contributed by atoms with Crippen molar-refractivity contribution in [3.8, 4) is 0 Å². The average molecular weight is 269 g/mol. The Balaban J connectivity index is 2.03. The van der Waals surface area contributed by atoms with Gasteiger partial charge >= 0.3 is 0 Å². The van der Waals surface area contributed by atoms with E-state index < -0.39 is 6.10 Å². The van der Waals surface area contributed by atoms with Crippen LogP contribution < -0.4 is 0 Å². The van der Waals surface area contributed by atoms with E-state index in [1.807, 2.05) is 11.7 Å². The Kier molecular flexibility index (Phi) is 4.09. The minimum Gasteiger partial charge on any atom is -0.390 e. The second-order valence-electron chi connectivity index (χ2n) is 6.12. The molecule has 1 saturated carbocycles. The summed E-state index contributed by atoms with van der Waals surface area (Å²) in [4.78, 5) is 5.19. The number of methoxy groups -OCH3 is 1. The third kappa shape index (κ3) is 2.92. The molecule has 1 aromatic rings. The maximum Gasteiger partial charge on any atom is 0.0940 e. The standard InChI is InChI=1S/C14H23NO2S/c1-13(2)4-6-14(17-3,7-5-13)12(16)8-11-9-15-10-18-11/h9-10,12,16H,4-8H2,1-3H3. The molecule has 0 amide bonds. The topological polar surface area (TPSA) is 42.4 Å². The van der Waals surface area contributed by atoms with Crippen molar-refractivity contribution in [2.75, 3.05) is 7.11 Å². The van der Waals surface area contributed by atoms with E-state index in [9.17, 15) is 5.11 Å². The lowest BCUT2D eigenvalue weighted by atomic mass is 9.68. The molecule has 1 heterocycles. The van der Waals surface area contributed by atoms with Crippen molar-refractivity contribution in [2.45, 2.75) is 57.7 Å². The summed E-state index contributed by atoms with van der Waals surface area (Å²) in [5.41, 5.74) is 1.83. The summed E-state index contributed by atoms with van der Waals surface area (Å²) in [7, 11) is 1.73. The van der Waals surface area contributed by atoms with Gasteiger partial charge in [-0.2, -0.15) is 0 Å². The van der Waals surface area contributed by atoms with E-state index in [-0.39, 0.29) is 5.60 Å². The Bertz CT molecular complexity index is 365. The first-order chi connectivity index (χ1) is 8.47. The number of hydrogen-bond acceptors (Lipinski definition) is 4. The molecule has 0 spiro atoms. The highest BCUT2D eigenvalue weighted by molar-refractivity contribution is 7.09. The van der Waals surface area contributed by atoms with Gasteiger partial charge in [0, 0.05) is 24.6 Å². The number of rotatable bonds is 4. The minimum absolute atomic E-state index is 0.362. The largest absolute Gasteiger partial charge is 0.390 e. The van der Waals surface area contributed by atoms with E-state index in [4.69, 9.17) is 4.74 Å². The number of hydrogen-bond donors (Lipinski definition) is 1. The number of ether oxygens (including phenoxy) is 1. The molecule has 0 saturated heterocycles. The van der Waals surface area contributed by atoms with Gasteiger partial charge in [-0.15, -0.1) is 11.3 Å². The van der Waals surface area contributed by atoms with E-state index in [0.29, 0.717) is 11.8 Å². The third-order valence-corrected chi connectivity index (χ3v) is 5.14. The third-order valence-electron chi connectivity index (χ3n) is 4.34. The molecule has 1 unspecified atom stereocenters. The van der Waals surface area contributed by atoms with E-state index in [0.717, 1.165) is 30.6 Å². The molecular formula is C14H23NO2S. The second-order valence-corrected chi connectivity index (χ2v) is 7.09. The van der Waals surface area contributed by atoms with Crippen molar-refractivity contribution in [1.29, 1.82) is 0 Å². The molecule has 1 fully saturated rings. The van der Waals surface area contributed by atoms with Crippen LogP contribution in [0.3, 0.4) is 0 Å². The summed E-state index contributed by atoms with van der Waals surface area (Å²) in [5, 5.41) is 10.5. The molecular weight excluding hydrogens is 246 g/mol. The molecule has 1 aromatic heterocycles. The first kappa shape index (κ1) is 14.0.